The molecule has 1 aromatic carbocycles. The van der Waals surface area contributed by atoms with Gasteiger partial charge in [-0.15, -0.1) is 0 Å². The van der Waals surface area contributed by atoms with Gasteiger partial charge in [0.2, 0.25) is 0 Å². The highest BCUT2D eigenvalue weighted by molar-refractivity contribution is 5.95. The molecule has 0 bridgehead atoms. The van der Waals surface area contributed by atoms with Crippen LogP contribution in [0.3, 0.4) is 0 Å². The van der Waals surface area contributed by atoms with E-state index in [-0.39, 0.29) is 17.2 Å². The van der Waals surface area contributed by atoms with Crippen molar-refractivity contribution in [2.75, 3.05) is 0 Å². The second-order valence-corrected chi connectivity index (χ2v) is 3.49. The molecule has 0 unspecified atom stereocenters. The number of hydrogen-bond donors (Lipinski definition) is 3. The van der Waals surface area contributed by atoms with Crippen LogP contribution in [0.4, 0.5) is 0 Å². The average Bonchev–Trinajstić information content (AvgIpc) is 2.60. The number of nitrogens with one attached hydrogen (secondary N) is 1. The molecular formula is C11H9NO5. The van der Waals surface area contributed by atoms with E-state index in [0.717, 1.165) is 0 Å². The fourth-order valence-corrected chi connectivity index (χ4v) is 1.50. The Kier molecular flexibility index (Phi) is 2.47. The van der Waals surface area contributed by atoms with Gasteiger partial charge in [-0.2, -0.15) is 0 Å². The Morgan fingerprint density at radius 3 is 2.59 bits per heavy atom. The van der Waals surface area contributed by atoms with Gasteiger partial charge in [0.25, 0.3) is 0 Å². The van der Waals surface area contributed by atoms with Crippen LogP contribution in [0.5, 0.6) is 11.5 Å². The molecule has 0 spiro atoms. The maximum atomic E-state index is 10.8. The normalized spacial score (nSPS) is 10.4. The van der Waals surface area contributed by atoms with Gasteiger partial charge in [-0.25, -0.2) is 4.79 Å². The highest BCUT2D eigenvalue weighted by Crippen LogP contribution is 2.31. The maximum Gasteiger partial charge on any atom is 0.352 e. The van der Waals surface area contributed by atoms with Gasteiger partial charge in [0.15, 0.2) is 11.5 Å². The Morgan fingerprint density at radius 2 is 2.00 bits per heavy atom. The minimum absolute atomic E-state index is 0.000579. The summed E-state index contributed by atoms with van der Waals surface area (Å²) >= 11 is 0. The van der Waals surface area contributed by atoms with Crippen LogP contribution >= 0.6 is 0 Å². The zero-order chi connectivity index (χ0) is 12.6. The third kappa shape index (κ3) is 2.05. The molecule has 0 aliphatic carbocycles. The number of carbonyl (C=O) groups excluding carboxylic acids is 1. The minimum atomic E-state index is -1.10. The molecule has 6 heteroatoms. The molecule has 3 N–H and O–H groups in total. The van der Waals surface area contributed by atoms with E-state index in [0.29, 0.717) is 10.9 Å². The van der Waals surface area contributed by atoms with Crippen LogP contribution in [0.2, 0.25) is 0 Å². The number of carbonyl (C=O) groups is 2. The van der Waals surface area contributed by atoms with Gasteiger partial charge in [0, 0.05) is 18.4 Å². The van der Waals surface area contributed by atoms with E-state index in [9.17, 15) is 14.7 Å². The van der Waals surface area contributed by atoms with Crippen molar-refractivity contribution in [2.45, 2.75) is 6.92 Å². The molecule has 88 valence electrons. The van der Waals surface area contributed by atoms with Crippen molar-refractivity contribution >= 4 is 22.8 Å². The lowest BCUT2D eigenvalue weighted by atomic mass is 10.2. The van der Waals surface area contributed by atoms with Gasteiger partial charge in [-0.3, -0.25) is 4.79 Å². The first-order valence-electron chi connectivity index (χ1n) is 4.75. The number of aromatic hydroxyl groups is 1. The molecule has 6 nitrogen and oxygen atoms in total. The molecule has 1 aromatic heterocycles. The number of aromatic amines is 1. The molecule has 2 rings (SSSR count). The van der Waals surface area contributed by atoms with Crippen LogP contribution in [0, 0.1) is 0 Å². The molecule has 0 amide bonds. The number of ether oxygens (including phenoxy) is 1. The van der Waals surface area contributed by atoms with Gasteiger partial charge in [-0.05, 0) is 12.1 Å². The largest absolute Gasteiger partial charge is 0.504 e. The summed E-state index contributed by atoms with van der Waals surface area (Å²) in [4.78, 5) is 24.1. The van der Waals surface area contributed by atoms with Crippen molar-refractivity contribution in [3.8, 4) is 11.5 Å². The van der Waals surface area contributed by atoms with Crippen molar-refractivity contribution in [2.24, 2.45) is 0 Å². The molecule has 0 atom stereocenters. The van der Waals surface area contributed by atoms with Crippen LogP contribution in [0.25, 0.3) is 10.9 Å². The number of carboxylic acids is 1. The van der Waals surface area contributed by atoms with Crippen LogP contribution in [-0.2, 0) is 4.79 Å². The van der Waals surface area contributed by atoms with Crippen molar-refractivity contribution in [3.05, 3.63) is 23.9 Å². The monoisotopic (exact) mass is 235 g/mol. The number of esters is 1. The van der Waals surface area contributed by atoms with E-state index >= 15 is 0 Å². The van der Waals surface area contributed by atoms with E-state index < -0.39 is 11.9 Å². The number of benzene rings is 1. The Morgan fingerprint density at radius 1 is 1.29 bits per heavy atom. The first-order valence-corrected chi connectivity index (χ1v) is 4.75. The molecule has 0 radical (unpaired) electrons. The first-order chi connectivity index (χ1) is 7.97. The van der Waals surface area contributed by atoms with Crippen LogP contribution in [0.15, 0.2) is 18.2 Å². The number of hydrogen-bond acceptors (Lipinski definition) is 4. The number of aromatic nitrogens is 1. The molecule has 1 heterocycles. The van der Waals surface area contributed by atoms with Crippen LogP contribution in [0.1, 0.15) is 17.4 Å². The summed E-state index contributed by atoms with van der Waals surface area (Å²) in [6.07, 6.45) is 0. The highest BCUT2D eigenvalue weighted by atomic mass is 16.5. The summed E-state index contributed by atoms with van der Waals surface area (Å²) in [5.74, 6) is -1.89. The number of rotatable bonds is 2. The summed E-state index contributed by atoms with van der Waals surface area (Å²) in [6.45, 7) is 1.21. The smallest absolute Gasteiger partial charge is 0.352 e. The Bertz CT molecular complexity index is 614. The van der Waals surface area contributed by atoms with E-state index in [4.69, 9.17) is 9.84 Å². The summed E-state index contributed by atoms with van der Waals surface area (Å²) in [7, 11) is 0. The second-order valence-electron chi connectivity index (χ2n) is 3.49. The third-order valence-corrected chi connectivity index (χ3v) is 2.18. The fourth-order valence-electron chi connectivity index (χ4n) is 1.50. The van der Waals surface area contributed by atoms with Crippen LogP contribution in [-0.4, -0.2) is 27.1 Å². The average molecular weight is 235 g/mol. The Labute approximate surface area is 95.4 Å². The summed E-state index contributed by atoms with van der Waals surface area (Å²) in [5.41, 5.74) is 0.454. The minimum Gasteiger partial charge on any atom is -0.504 e. The van der Waals surface area contributed by atoms with E-state index in [2.05, 4.69) is 4.98 Å². The summed E-state index contributed by atoms with van der Waals surface area (Å²) in [6, 6.07) is 4.10. The van der Waals surface area contributed by atoms with Crippen LogP contribution < -0.4 is 4.74 Å². The highest BCUT2D eigenvalue weighted by Gasteiger charge is 2.12. The lowest BCUT2D eigenvalue weighted by molar-refractivity contribution is -0.132. The van der Waals surface area contributed by atoms with E-state index in [1.807, 2.05) is 0 Å². The Balaban J connectivity index is 2.55. The lowest BCUT2D eigenvalue weighted by Gasteiger charge is -2.03. The second kappa shape index (κ2) is 3.82. The lowest BCUT2D eigenvalue weighted by Crippen LogP contribution is -2.01. The third-order valence-electron chi connectivity index (χ3n) is 2.18. The Hall–Kier alpha value is -2.50. The number of carboxylic acid groups (broad SMARTS) is 1. The van der Waals surface area contributed by atoms with E-state index in [1.54, 1.807) is 0 Å². The number of phenols is 1. The number of H-pyrrole nitrogens is 1. The molecule has 0 saturated heterocycles. The van der Waals surface area contributed by atoms with Gasteiger partial charge in [0.1, 0.15) is 5.69 Å². The summed E-state index contributed by atoms with van der Waals surface area (Å²) < 4.78 is 4.77. The zero-order valence-electron chi connectivity index (χ0n) is 8.85. The predicted molar refractivity (Wildman–Crippen MR) is 58.2 cm³/mol. The van der Waals surface area contributed by atoms with Crippen molar-refractivity contribution < 1.29 is 24.5 Å². The number of aromatic carboxylic acids is 1. The molecular weight excluding hydrogens is 226 g/mol. The predicted octanol–water partition coefficient (Wildman–Crippen LogP) is 1.50. The van der Waals surface area contributed by atoms with Gasteiger partial charge in [0.05, 0.1) is 5.52 Å². The standard InChI is InChI=1S/C11H9NO5/c1-5(13)17-10-3-6-2-8(11(15)16)12-7(6)4-9(10)14/h2-4,12,14H,1H3,(H,15,16). The van der Waals surface area contributed by atoms with E-state index in [1.165, 1.54) is 25.1 Å². The topological polar surface area (TPSA) is 99.6 Å². The van der Waals surface area contributed by atoms with Gasteiger partial charge in [-0.1, -0.05) is 0 Å². The maximum absolute atomic E-state index is 10.8. The molecule has 0 aliphatic heterocycles. The van der Waals surface area contributed by atoms with Crippen molar-refractivity contribution in [1.29, 1.82) is 0 Å². The molecule has 2 aromatic rings. The fraction of sp³-hybridized carbons (Fsp3) is 0.0909. The SMILES string of the molecule is CC(=O)Oc1cc2cc(C(=O)O)[nH]c2cc1O. The molecule has 0 fully saturated rings. The number of phenolic OH excluding ortho intramolecular Hbond substituents is 1. The molecule has 0 aliphatic rings. The molecule has 17 heavy (non-hydrogen) atoms. The number of fused-ring (bicyclic) bond motifs is 1. The summed E-state index contributed by atoms with van der Waals surface area (Å²) in [5, 5.41) is 18.9. The van der Waals surface area contributed by atoms with Crippen molar-refractivity contribution in [3.63, 3.8) is 0 Å². The van der Waals surface area contributed by atoms with Crippen molar-refractivity contribution in [1.82, 2.24) is 4.98 Å². The van der Waals surface area contributed by atoms with Gasteiger partial charge < -0.3 is 19.9 Å². The quantitative estimate of drug-likeness (QED) is 0.541. The first kappa shape index (κ1) is 11.0. The molecule has 0 saturated carbocycles. The van der Waals surface area contributed by atoms with Gasteiger partial charge >= 0.3 is 11.9 Å². The zero-order valence-corrected chi connectivity index (χ0v) is 8.85.